The molecule has 0 unspecified atom stereocenters. The Balaban J connectivity index is 2.06. The number of benzene rings is 1. The number of nitrogens with one attached hydrogen (secondary N) is 2. The normalized spacial score (nSPS) is 15.6. The lowest BCUT2D eigenvalue weighted by molar-refractivity contribution is 0.550. The van der Waals surface area contributed by atoms with Crippen LogP contribution in [0, 0.1) is 11.7 Å². The van der Waals surface area contributed by atoms with Crippen molar-refractivity contribution in [2.45, 2.75) is 50.6 Å². The zero-order valence-electron chi connectivity index (χ0n) is 12.5. The van der Waals surface area contributed by atoms with Crippen molar-refractivity contribution in [1.29, 1.82) is 0 Å². The van der Waals surface area contributed by atoms with Crippen LogP contribution in [0.4, 0.5) is 4.39 Å². The van der Waals surface area contributed by atoms with Crippen molar-refractivity contribution in [2.75, 3.05) is 6.54 Å². The molecule has 0 bridgehead atoms. The Kier molecular flexibility index (Phi) is 5.35. The number of halogens is 1. The first-order valence-corrected chi connectivity index (χ1v) is 8.88. The van der Waals surface area contributed by atoms with Crippen molar-refractivity contribution in [2.24, 2.45) is 5.92 Å². The zero-order chi connectivity index (χ0) is 15.5. The Morgan fingerprint density at radius 3 is 2.67 bits per heavy atom. The highest BCUT2D eigenvalue weighted by Gasteiger charge is 2.23. The van der Waals surface area contributed by atoms with Crippen molar-refractivity contribution in [3.8, 4) is 0 Å². The Hall–Kier alpha value is -0.980. The highest BCUT2D eigenvalue weighted by molar-refractivity contribution is 7.89. The first-order valence-electron chi connectivity index (χ1n) is 7.40. The first kappa shape index (κ1) is 16.4. The molecule has 1 fully saturated rings. The number of hydrogen-bond donors (Lipinski definition) is 2. The fourth-order valence-corrected chi connectivity index (χ4v) is 3.24. The monoisotopic (exact) mass is 314 g/mol. The summed E-state index contributed by atoms with van der Waals surface area (Å²) >= 11 is 0. The third-order valence-electron chi connectivity index (χ3n) is 3.54. The van der Waals surface area contributed by atoms with Gasteiger partial charge in [0.25, 0.3) is 0 Å². The van der Waals surface area contributed by atoms with Gasteiger partial charge in [-0.3, -0.25) is 0 Å². The van der Waals surface area contributed by atoms with Gasteiger partial charge < -0.3 is 5.32 Å². The molecule has 118 valence electrons. The first-order chi connectivity index (χ1) is 9.88. The second-order valence-electron chi connectivity index (χ2n) is 5.93. The minimum atomic E-state index is -3.77. The Bertz CT molecular complexity index is 583. The molecule has 0 aromatic heterocycles. The van der Waals surface area contributed by atoms with Gasteiger partial charge in [0, 0.05) is 19.1 Å². The fraction of sp³-hybridized carbons (Fsp3) is 0.600. The molecule has 1 aliphatic carbocycles. The van der Waals surface area contributed by atoms with Crippen LogP contribution < -0.4 is 10.0 Å². The molecular weight excluding hydrogens is 291 g/mol. The van der Waals surface area contributed by atoms with Crippen LogP contribution >= 0.6 is 0 Å². The molecule has 2 rings (SSSR count). The summed E-state index contributed by atoms with van der Waals surface area (Å²) in [4.78, 5) is -0.263. The van der Waals surface area contributed by atoms with Crippen molar-refractivity contribution < 1.29 is 12.8 Å². The smallest absolute Gasteiger partial charge is 0.243 e. The molecule has 4 nitrogen and oxygen atoms in total. The van der Waals surface area contributed by atoms with Crippen LogP contribution in [-0.4, -0.2) is 21.0 Å². The van der Waals surface area contributed by atoms with E-state index in [1.165, 1.54) is 25.0 Å². The van der Waals surface area contributed by atoms with Crippen LogP contribution in [0.25, 0.3) is 0 Å². The van der Waals surface area contributed by atoms with Gasteiger partial charge in [-0.05, 0) is 30.0 Å². The molecule has 1 aliphatic rings. The van der Waals surface area contributed by atoms with E-state index in [-0.39, 0.29) is 10.9 Å². The molecule has 1 aromatic carbocycles. The van der Waals surface area contributed by atoms with Gasteiger partial charge in [0.05, 0.1) is 0 Å². The van der Waals surface area contributed by atoms with E-state index in [1.807, 2.05) is 13.8 Å². The third-order valence-corrected chi connectivity index (χ3v) is 5.02. The predicted octanol–water partition coefficient (Wildman–Crippen LogP) is 2.40. The summed E-state index contributed by atoms with van der Waals surface area (Å²) in [6.07, 6.45) is 3.17. The standard InChI is InChI=1S/C15H23FN2O2S/c1-11(2)17-10-13-5-6-14(16)15(9-13)21(19,20)18-8-7-12-3-4-12/h5-6,9,11-12,17-18H,3-4,7-8,10H2,1-2H3. The van der Waals surface area contributed by atoms with Crippen molar-refractivity contribution in [1.82, 2.24) is 10.0 Å². The quantitative estimate of drug-likeness (QED) is 0.774. The van der Waals surface area contributed by atoms with Gasteiger partial charge in [-0.2, -0.15) is 0 Å². The third kappa shape index (κ3) is 5.05. The second-order valence-corrected chi connectivity index (χ2v) is 7.67. The minimum absolute atomic E-state index is 0.263. The molecule has 0 heterocycles. The van der Waals surface area contributed by atoms with E-state index in [0.29, 0.717) is 19.0 Å². The lowest BCUT2D eigenvalue weighted by Crippen LogP contribution is -2.26. The van der Waals surface area contributed by atoms with Crippen LogP contribution in [0.2, 0.25) is 0 Å². The van der Waals surface area contributed by atoms with Crippen LogP contribution in [0.1, 0.15) is 38.7 Å². The van der Waals surface area contributed by atoms with Crippen molar-refractivity contribution in [3.63, 3.8) is 0 Å². The van der Waals surface area contributed by atoms with Crippen molar-refractivity contribution in [3.05, 3.63) is 29.6 Å². The van der Waals surface area contributed by atoms with Gasteiger partial charge in [-0.1, -0.05) is 32.8 Å². The summed E-state index contributed by atoms with van der Waals surface area (Å²) in [5, 5.41) is 3.19. The van der Waals surface area contributed by atoms with E-state index in [4.69, 9.17) is 0 Å². The molecule has 0 spiro atoms. The van der Waals surface area contributed by atoms with Crippen LogP contribution in [-0.2, 0) is 16.6 Å². The van der Waals surface area contributed by atoms with E-state index in [1.54, 1.807) is 6.07 Å². The molecule has 1 aromatic rings. The summed E-state index contributed by atoms with van der Waals surface area (Å²) in [6.45, 7) is 4.89. The molecule has 0 atom stereocenters. The van der Waals surface area contributed by atoms with E-state index in [2.05, 4.69) is 10.0 Å². The van der Waals surface area contributed by atoms with E-state index >= 15 is 0 Å². The molecular formula is C15H23FN2O2S. The average Bonchev–Trinajstić information content (AvgIpc) is 3.21. The van der Waals surface area contributed by atoms with Gasteiger partial charge in [-0.15, -0.1) is 0 Å². The Morgan fingerprint density at radius 1 is 1.33 bits per heavy atom. The lowest BCUT2D eigenvalue weighted by atomic mass is 10.2. The maximum atomic E-state index is 13.8. The van der Waals surface area contributed by atoms with Gasteiger partial charge >= 0.3 is 0 Å². The van der Waals surface area contributed by atoms with Crippen LogP contribution in [0.3, 0.4) is 0 Å². The van der Waals surface area contributed by atoms with Gasteiger partial charge in [0.2, 0.25) is 10.0 Å². The summed E-state index contributed by atoms with van der Waals surface area (Å²) in [5.74, 6) is -0.0682. The van der Waals surface area contributed by atoms with E-state index < -0.39 is 15.8 Å². The number of sulfonamides is 1. The molecule has 0 radical (unpaired) electrons. The number of rotatable bonds is 8. The van der Waals surface area contributed by atoms with Crippen LogP contribution in [0.15, 0.2) is 23.1 Å². The Labute approximate surface area is 126 Å². The highest BCUT2D eigenvalue weighted by Crippen LogP contribution is 2.31. The fourth-order valence-electron chi connectivity index (χ4n) is 2.07. The zero-order valence-corrected chi connectivity index (χ0v) is 13.3. The summed E-state index contributed by atoms with van der Waals surface area (Å²) < 4.78 is 40.7. The maximum absolute atomic E-state index is 13.8. The largest absolute Gasteiger partial charge is 0.310 e. The number of hydrogen-bond acceptors (Lipinski definition) is 3. The summed E-state index contributed by atoms with van der Waals surface area (Å²) in [5.41, 5.74) is 0.757. The minimum Gasteiger partial charge on any atom is -0.310 e. The molecule has 21 heavy (non-hydrogen) atoms. The lowest BCUT2D eigenvalue weighted by Gasteiger charge is -2.11. The molecule has 0 aliphatic heterocycles. The topological polar surface area (TPSA) is 58.2 Å². The molecule has 2 N–H and O–H groups in total. The summed E-state index contributed by atoms with van der Waals surface area (Å²) in [7, 11) is -3.77. The van der Waals surface area contributed by atoms with Gasteiger partial charge in [-0.25, -0.2) is 17.5 Å². The molecule has 0 amide bonds. The molecule has 6 heteroatoms. The van der Waals surface area contributed by atoms with Gasteiger partial charge in [0.15, 0.2) is 0 Å². The second kappa shape index (κ2) is 6.85. The van der Waals surface area contributed by atoms with Crippen LogP contribution in [0.5, 0.6) is 0 Å². The molecule has 1 saturated carbocycles. The SMILES string of the molecule is CC(C)NCc1ccc(F)c(S(=O)(=O)NCCC2CC2)c1. The van der Waals surface area contributed by atoms with E-state index in [9.17, 15) is 12.8 Å². The maximum Gasteiger partial charge on any atom is 0.243 e. The van der Waals surface area contributed by atoms with Gasteiger partial charge in [0.1, 0.15) is 10.7 Å². The summed E-state index contributed by atoms with van der Waals surface area (Å²) in [6, 6.07) is 4.51. The average molecular weight is 314 g/mol. The molecule has 0 saturated heterocycles. The predicted molar refractivity (Wildman–Crippen MR) is 80.9 cm³/mol. The Morgan fingerprint density at radius 2 is 2.05 bits per heavy atom. The van der Waals surface area contributed by atoms with E-state index in [0.717, 1.165) is 12.0 Å². The van der Waals surface area contributed by atoms with Crippen molar-refractivity contribution >= 4 is 10.0 Å². The highest BCUT2D eigenvalue weighted by atomic mass is 32.2.